The lowest BCUT2D eigenvalue weighted by atomic mass is 10.1. The van der Waals surface area contributed by atoms with Gasteiger partial charge in [0.15, 0.2) is 6.10 Å². The van der Waals surface area contributed by atoms with E-state index >= 15 is 0 Å². The summed E-state index contributed by atoms with van der Waals surface area (Å²) in [5.41, 5.74) is 2.25. The number of likely N-dealkylation sites (N-methyl/N-ethyl adjacent to an activating group) is 1. The Hall–Kier alpha value is -2.60. The molecule has 0 N–H and O–H groups in total. The van der Waals surface area contributed by atoms with Crippen molar-refractivity contribution in [1.82, 2.24) is 14.8 Å². The molecule has 0 saturated carbocycles. The monoisotopic (exact) mass is 352 g/mol. The van der Waals surface area contributed by atoms with E-state index in [1.165, 1.54) is 5.56 Å². The number of aromatic nitrogens is 1. The fourth-order valence-electron chi connectivity index (χ4n) is 3.62. The molecule has 1 saturated heterocycles. The summed E-state index contributed by atoms with van der Waals surface area (Å²) in [5, 5.41) is 0. The minimum Gasteiger partial charge on any atom is -0.477 e. The predicted molar refractivity (Wildman–Crippen MR) is 100 cm³/mol. The first-order valence-electron chi connectivity index (χ1n) is 9.07. The molecule has 2 aromatic rings. The molecule has 0 bridgehead atoms. The van der Waals surface area contributed by atoms with Crippen LogP contribution < -0.4 is 9.64 Å². The molecule has 1 fully saturated rings. The van der Waals surface area contributed by atoms with Crippen LogP contribution in [-0.4, -0.2) is 66.6 Å². The summed E-state index contributed by atoms with van der Waals surface area (Å²) >= 11 is 0. The standard InChI is InChI=1S/C20H24N4O2/c1-22-15-19(26-18-7-3-2-6-17(18)22)20(25)24-11-9-23(10-12-24)14-16-5-4-8-21-13-16/h2-8,13,19H,9-12,14-15H2,1H3/t19-/m1/s1. The van der Waals surface area contributed by atoms with Crippen LogP contribution in [0.2, 0.25) is 0 Å². The Labute approximate surface area is 154 Å². The number of rotatable bonds is 3. The molecule has 136 valence electrons. The highest BCUT2D eigenvalue weighted by Crippen LogP contribution is 2.32. The Morgan fingerprint density at radius 1 is 1.15 bits per heavy atom. The Morgan fingerprint density at radius 2 is 1.96 bits per heavy atom. The second-order valence-corrected chi connectivity index (χ2v) is 6.92. The van der Waals surface area contributed by atoms with Crippen LogP contribution >= 0.6 is 0 Å². The lowest BCUT2D eigenvalue weighted by Gasteiger charge is -2.39. The van der Waals surface area contributed by atoms with Gasteiger partial charge in [0.1, 0.15) is 5.75 Å². The molecule has 1 atom stereocenters. The van der Waals surface area contributed by atoms with Crippen LogP contribution in [0, 0.1) is 0 Å². The van der Waals surface area contributed by atoms with E-state index in [-0.39, 0.29) is 5.91 Å². The number of fused-ring (bicyclic) bond motifs is 1. The molecule has 1 aromatic carbocycles. The minimum atomic E-state index is -0.431. The van der Waals surface area contributed by atoms with E-state index in [9.17, 15) is 4.79 Å². The molecule has 6 nitrogen and oxygen atoms in total. The van der Waals surface area contributed by atoms with Gasteiger partial charge in [-0.15, -0.1) is 0 Å². The van der Waals surface area contributed by atoms with Gasteiger partial charge < -0.3 is 14.5 Å². The van der Waals surface area contributed by atoms with Crippen molar-refractivity contribution in [2.75, 3.05) is 44.7 Å². The lowest BCUT2D eigenvalue weighted by molar-refractivity contribution is -0.140. The fraction of sp³-hybridized carbons (Fsp3) is 0.400. The van der Waals surface area contributed by atoms with E-state index in [0.29, 0.717) is 6.54 Å². The van der Waals surface area contributed by atoms with Gasteiger partial charge in [-0.05, 0) is 23.8 Å². The van der Waals surface area contributed by atoms with Gasteiger partial charge in [-0.25, -0.2) is 0 Å². The summed E-state index contributed by atoms with van der Waals surface area (Å²) < 4.78 is 5.99. The highest BCUT2D eigenvalue weighted by atomic mass is 16.5. The average molecular weight is 352 g/mol. The molecule has 0 unspecified atom stereocenters. The summed E-state index contributed by atoms with van der Waals surface area (Å²) in [5.74, 6) is 0.877. The van der Waals surface area contributed by atoms with E-state index in [4.69, 9.17) is 4.74 Å². The second-order valence-electron chi connectivity index (χ2n) is 6.92. The highest BCUT2D eigenvalue weighted by molar-refractivity contribution is 5.83. The van der Waals surface area contributed by atoms with Gasteiger partial charge in [-0.1, -0.05) is 18.2 Å². The molecule has 0 aliphatic carbocycles. The number of hydrogen-bond acceptors (Lipinski definition) is 5. The fourth-order valence-corrected chi connectivity index (χ4v) is 3.62. The van der Waals surface area contributed by atoms with Crippen LogP contribution in [0.25, 0.3) is 0 Å². The average Bonchev–Trinajstić information content (AvgIpc) is 2.69. The topological polar surface area (TPSA) is 48.9 Å². The maximum atomic E-state index is 12.9. The third-order valence-corrected chi connectivity index (χ3v) is 5.07. The SMILES string of the molecule is CN1C[C@H](C(=O)N2CCN(Cc3cccnc3)CC2)Oc2ccccc21. The highest BCUT2D eigenvalue weighted by Gasteiger charge is 2.33. The van der Waals surface area contributed by atoms with Gasteiger partial charge in [0.25, 0.3) is 5.91 Å². The minimum absolute atomic E-state index is 0.0902. The van der Waals surface area contributed by atoms with Gasteiger partial charge in [0, 0.05) is 52.2 Å². The molecular weight excluding hydrogens is 328 g/mol. The van der Waals surface area contributed by atoms with Crippen molar-refractivity contribution < 1.29 is 9.53 Å². The number of para-hydroxylation sites is 2. The zero-order valence-corrected chi connectivity index (χ0v) is 15.0. The van der Waals surface area contributed by atoms with Crippen molar-refractivity contribution in [2.24, 2.45) is 0 Å². The second kappa shape index (κ2) is 7.33. The van der Waals surface area contributed by atoms with Gasteiger partial charge in [-0.2, -0.15) is 0 Å². The molecule has 1 amide bonds. The molecule has 2 aliphatic rings. The number of carbonyl (C=O) groups excluding carboxylic acids is 1. The smallest absolute Gasteiger partial charge is 0.265 e. The van der Waals surface area contributed by atoms with Gasteiger partial charge in [0.2, 0.25) is 0 Å². The Balaban J connectivity index is 1.34. The number of carbonyl (C=O) groups is 1. The third kappa shape index (κ3) is 3.51. The number of piperazine rings is 1. The molecule has 4 rings (SSSR count). The number of nitrogens with zero attached hydrogens (tertiary/aromatic N) is 4. The maximum Gasteiger partial charge on any atom is 0.265 e. The van der Waals surface area contributed by atoms with E-state index in [1.54, 1.807) is 6.20 Å². The van der Waals surface area contributed by atoms with Crippen molar-refractivity contribution in [2.45, 2.75) is 12.6 Å². The number of amides is 1. The zero-order chi connectivity index (χ0) is 17.9. The zero-order valence-electron chi connectivity index (χ0n) is 15.0. The molecule has 1 aromatic heterocycles. The molecule has 0 radical (unpaired) electrons. The maximum absolute atomic E-state index is 12.9. The predicted octanol–water partition coefficient (Wildman–Crippen LogP) is 1.62. The van der Waals surface area contributed by atoms with Gasteiger partial charge in [-0.3, -0.25) is 14.7 Å². The largest absolute Gasteiger partial charge is 0.477 e. The summed E-state index contributed by atoms with van der Waals surface area (Å²) in [7, 11) is 2.01. The summed E-state index contributed by atoms with van der Waals surface area (Å²) in [4.78, 5) is 23.5. The van der Waals surface area contributed by atoms with Crippen LogP contribution in [0.3, 0.4) is 0 Å². The van der Waals surface area contributed by atoms with Gasteiger partial charge in [0.05, 0.1) is 12.2 Å². The van der Waals surface area contributed by atoms with Crippen molar-refractivity contribution in [3.05, 3.63) is 54.4 Å². The van der Waals surface area contributed by atoms with Crippen LogP contribution in [0.15, 0.2) is 48.8 Å². The molecule has 2 aliphatic heterocycles. The van der Waals surface area contributed by atoms with Crippen LogP contribution in [0.4, 0.5) is 5.69 Å². The summed E-state index contributed by atoms with van der Waals surface area (Å²) in [6, 6.07) is 11.9. The first-order chi connectivity index (χ1) is 12.7. The Bertz CT molecular complexity index is 759. The first-order valence-corrected chi connectivity index (χ1v) is 9.07. The lowest BCUT2D eigenvalue weighted by Crippen LogP contribution is -2.55. The molecule has 3 heterocycles. The molecule has 26 heavy (non-hydrogen) atoms. The van der Waals surface area contributed by atoms with Crippen LogP contribution in [0.1, 0.15) is 5.56 Å². The van der Waals surface area contributed by atoms with Crippen molar-refractivity contribution in [3.8, 4) is 5.75 Å². The van der Waals surface area contributed by atoms with E-state index in [0.717, 1.165) is 44.2 Å². The van der Waals surface area contributed by atoms with E-state index in [1.807, 2.05) is 48.5 Å². The van der Waals surface area contributed by atoms with E-state index < -0.39 is 6.10 Å². The normalized spacial score (nSPS) is 20.4. The van der Waals surface area contributed by atoms with Crippen molar-refractivity contribution in [3.63, 3.8) is 0 Å². The van der Waals surface area contributed by atoms with E-state index in [2.05, 4.69) is 20.9 Å². The number of ether oxygens (including phenoxy) is 1. The summed E-state index contributed by atoms with van der Waals surface area (Å²) in [6.45, 7) is 4.70. The van der Waals surface area contributed by atoms with Crippen molar-refractivity contribution in [1.29, 1.82) is 0 Å². The Kier molecular flexibility index (Phi) is 4.75. The van der Waals surface area contributed by atoms with Crippen LogP contribution in [0.5, 0.6) is 5.75 Å². The molecule has 0 spiro atoms. The molecular formula is C20H24N4O2. The number of hydrogen-bond donors (Lipinski definition) is 0. The number of anilines is 1. The Morgan fingerprint density at radius 3 is 2.73 bits per heavy atom. The molecule has 6 heteroatoms. The number of pyridine rings is 1. The van der Waals surface area contributed by atoms with Crippen molar-refractivity contribution >= 4 is 11.6 Å². The quantitative estimate of drug-likeness (QED) is 0.840. The van der Waals surface area contributed by atoms with Gasteiger partial charge >= 0.3 is 0 Å². The number of benzene rings is 1. The first kappa shape index (κ1) is 16.8. The third-order valence-electron chi connectivity index (χ3n) is 5.07. The van der Waals surface area contributed by atoms with Crippen LogP contribution in [-0.2, 0) is 11.3 Å². The summed E-state index contributed by atoms with van der Waals surface area (Å²) in [6.07, 6.45) is 3.26.